The molecule has 120 valence electrons. The maximum atomic E-state index is 10.9. The van der Waals surface area contributed by atoms with E-state index in [1.807, 2.05) is 13.8 Å². The van der Waals surface area contributed by atoms with Crippen LogP contribution in [0.4, 0.5) is 0 Å². The zero-order valence-corrected chi connectivity index (χ0v) is 14.4. The van der Waals surface area contributed by atoms with Gasteiger partial charge in [0.25, 0.3) is 0 Å². The molecule has 2 nitrogen and oxygen atoms in total. The van der Waals surface area contributed by atoms with Gasteiger partial charge in [-0.3, -0.25) is 0 Å². The Bertz CT molecular complexity index is 283. The number of aliphatic hydroxyl groups is 1. The van der Waals surface area contributed by atoms with Gasteiger partial charge < -0.3 is 9.84 Å². The van der Waals surface area contributed by atoms with Crippen molar-refractivity contribution in [1.29, 1.82) is 0 Å². The fraction of sp³-hybridized carbons (Fsp3) is 1.00. The Morgan fingerprint density at radius 3 is 1.80 bits per heavy atom. The second-order valence-electron chi connectivity index (χ2n) is 7.81. The van der Waals surface area contributed by atoms with Crippen molar-refractivity contribution in [2.24, 2.45) is 0 Å². The molecule has 0 spiro atoms. The minimum atomic E-state index is -0.654. The summed E-state index contributed by atoms with van der Waals surface area (Å²) in [6.45, 7) is 10.5. The van der Waals surface area contributed by atoms with Gasteiger partial charge in [-0.05, 0) is 34.1 Å². The first-order valence-corrected chi connectivity index (χ1v) is 8.65. The van der Waals surface area contributed by atoms with Gasteiger partial charge >= 0.3 is 0 Å². The standard InChI is InChI=1S/C18H36O2/c1-6-7-8-9-10-11-12-13-14-18(19)15-16(2,3)20-17(18,4)5/h19H,6-15H2,1-5H3. The monoisotopic (exact) mass is 284 g/mol. The lowest BCUT2D eigenvalue weighted by Gasteiger charge is -2.35. The highest BCUT2D eigenvalue weighted by molar-refractivity contribution is 5.05. The van der Waals surface area contributed by atoms with Crippen LogP contribution in [0.3, 0.4) is 0 Å². The van der Waals surface area contributed by atoms with Crippen LogP contribution in [0.2, 0.25) is 0 Å². The zero-order chi connectivity index (χ0) is 15.3. The fourth-order valence-corrected chi connectivity index (χ4v) is 3.68. The van der Waals surface area contributed by atoms with E-state index in [0.717, 1.165) is 19.3 Å². The van der Waals surface area contributed by atoms with E-state index in [2.05, 4.69) is 20.8 Å². The second kappa shape index (κ2) is 7.26. The van der Waals surface area contributed by atoms with Gasteiger partial charge in [-0.25, -0.2) is 0 Å². The summed E-state index contributed by atoms with van der Waals surface area (Å²) in [5.41, 5.74) is -1.27. The molecule has 0 bridgehead atoms. The quantitative estimate of drug-likeness (QED) is 0.588. The first-order chi connectivity index (χ1) is 9.22. The van der Waals surface area contributed by atoms with Crippen LogP contribution >= 0.6 is 0 Å². The van der Waals surface area contributed by atoms with Gasteiger partial charge in [-0.15, -0.1) is 0 Å². The van der Waals surface area contributed by atoms with Crippen molar-refractivity contribution in [2.45, 2.75) is 116 Å². The van der Waals surface area contributed by atoms with Crippen LogP contribution < -0.4 is 0 Å². The molecule has 1 unspecified atom stereocenters. The van der Waals surface area contributed by atoms with E-state index < -0.39 is 11.2 Å². The van der Waals surface area contributed by atoms with Crippen LogP contribution in [0.1, 0.15) is 98.8 Å². The summed E-state index contributed by atoms with van der Waals surface area (Å²) in [4.78, 5) is 0. The molecule has 20 heavy (non-hydrogen) atoms. The Labute approximate surface area is 126 Å². The van der Waals surface area contributed by atoms with Crippen molar-refractivity contribution in [2.75, 3.05) is 0 Å². The third-order valence-electron chi connectivity index (χ3n) is 4.81. The van der Waals surface area contributed by atoms with E-state index in [-0.39, 0.29) is 5.60 Å². The lowest BCUT2D eigenvalue weighted by Crippen LogP contribution is -2.46. The molecule has 0 aliphatic carbocycles. The Hall–Kier alpha value is -0.0800. The van der Waals surface area contributed by atoms with Crippen molar-refractivity contribution in [3.63, 3.8) is 0 Å². The van der Waals surface area contributed by atoms with Crippen LogP contribution in [0.25, 0.3) is 0 Å². The minimum Gasteiger partial charge on any atom is -0.387 e. The Balaban J connectivity index is 2.21. The summed E-state index contributed by atoms with van der Waals surface area (Å²) in [5, 5.41) is 10.9. The van der Waals surface area contributed by atoms with E-state index in [1.54, 1.807) is 0 Å². The van der Waals surface area contributed by atoms with E-state index in [4.69, 9.17) is 4.74 Å². The highest BCUT2D eigenvalue weighted by Gasteiger charge is 2.55. The molecule has 1 fully saturated rings. The van der Waals surface area contributed by atoms with Gasteiger partial charge in [0.15, 0.2) is 0 Å². The summed E-state index contributed by atoms with van der Waals surface area (Å²) in [7, 11) is 0. The lowest BCUT2D eigenvalue weighted by atomic mass is 9.78. The molecule has 1 N–H and O–H groups in total. The van der Waals surface area contributed by atoms with E-state index in [0.29, 0.717) is 0 Å². The molecule has 0 aromatic carbocycles. The predicted octanol–water partition coefficient (Wildman–Crippen LogP) is 5.23. The van der Waals surface area contributed by atoms with Crippen LogP contribution in [0, 0.1) is 0 Å². The van der Waals surface area contributed by atoms with Gasteiger partial charge in [0.2, 0.25) is 0 Å². The third-order valence-corrected chi connectivity index (χ3v) is 4.81. The fourth-order valence-electron chi connectivity index (χ4n) is 3.68. The lowest BCUT2D eigenvalue weighted by molar-refractivity contribution is -0.129. The molecule has 0 amide bonds. The molecular formula is C18H36O2. The largest absolute Gasteiger partial charge is 0.387 e. The molecule has 1 rings (SSSR count). The number of unbranched alkanes of at least 4 members (excludes halogenated alkanes) is 7. The Morgan fingerprint density at radius 2 is 1.35 bits per heavy atom. The molecule has 2 heteroatoms. The number of hydrogen-bond donors (Lipinski definition) is 1. The van der Waals surface area contributed by atoms with Crippen molar-refractivity contribution in [3.8, 4) is 0 Å². The Kier molecular flexibility index (Phi) is 6.53. The van der Waals surface area contributed by atoms with Crippen LogP contribution in [0.5, 0.6) is 0 Å². The van der Waals surface area contributed by atoms with Gasteiger partial charge in [0.05, 0.1) is 16.8 Å². The van der Waals surface area contributed by atoms with Crippen molar-refractivity contribution >= 4 is 0 Å². The normalized spacial score (nSPS) is 27.9. The molecule has 0 saturated carbocycles. The molecular weight excluding hydrogens is 248 g/mol. The predicted molar refractivity (Wildman–Crippen MR) is 86.0 cm³/mol. The minimum absolute atomic E-state index is 0.196. The summed E-state index contributed by atoms with van der Waals surface area (Å²) >= 11 is 0. The van der Waals surface area contributed by atoms with Crippen LogP contribution in [0.15, 0.2) is 0 Å². The average molecular weight is 284 g/mol. The van der Waals surface area contributed by atoms with Crippen LogP contribution in [-0.4, -0.2) is 21.9 Å². The van der Waals surface area contributed by atoms with Crippen LogP contribution in [-0.2, 0) is 4.74 Å². The summed E-state index contributed by atoms with van der Waals surface area (Å²) in [6.07, 6.45) is 12.1. The van der Waals surface area contributed by atoms with Crippen molar-refractivity contribution in [3.05, 3.63) is 0 Å². The van der Waals surface area contributed by atoms with E-state index in [1.165, 1.54) is 44.9 Å². The molecule has 0 aromatic rings. The van der Waals surface area contributed by atoms with Gasteiger partial charge in [-0.2, -0.15) is 0 Å². The summed E-state index contributed by atoms with van der Waals surface area (Å²) < 4.78 is 6.02. The average Bonchev–Trinajstić information content (AvgIpc) is 2.46. The zero-order valence-electron chi connectivity index (χ0n) is 14.4. The maximum absolute atomic E-state index is 10.9. The topological polar surface area (TPSA) is 29.5 Å². The summed E-state index contributed by atoms with van der Waals surface area (Å²) in [6, 6.07) is 0. The molecule has 1 heterocycles. The molecule has 1 saturated heterocycles. The highest BCUT2D eigenvalue weighted by Crippen LogP contribution is 2.47. The Morgan fingerprint density at radius 1 is 0.850 bits per heavy atom. The first kappa shape index (κ1) is 18.0. The van der Waals surface area contributed by atoms with Crippen molar-refractivity contribution < 1.29 is 9.84 Å². The first-order valence-electron chi connectivity index (χ1n) is 8.65. The van der Waals surface area contributed by atoms with E-state index in [9.17, 15) is 5.11 Å². The number of ether oxygens (including phenoxy) is 1. The SMILES string of the molecule is CCCCCCCCCCC1(O)CC(C)(C)OC1(C)C. The molecule has 1 aliphatic rings. The molecule has 1 atom stereocenters. The number of hydrogen-bond acceptors (Lipinski definition) is 2. The molecule has 0 aromatic heterocycles. The maximum Gasteiger partial charge on any atom is 0.0958 e. The second-order valence-corrected chi connectivity index (χ2v) is 7.81. The summed E-state index contributed by atoms with van der Waals surface area (Å²) in [5.74, 6) is 0. The van der Waals surface area contributed by atoms with E-state index >= 15 is 0 Å². The smallest absolute Gasteiger partial charge is 0.0958 e. The third kappa shape index (κ3) is 5.04. The highest BCUT2D eigenvalue weighted by atomic mass is 16.5. The number of rotatable bonds is 9. The van der Waals surface area contributed by atoms with Crippen molar-refractivity contribution in [1.82, 2.24) is 0 Å². The molecule has 0 radical (unpaired) electrons. The molecule has 1 aliphatic heterocycles. The van der Waals surface area contributed by atoms with Gasteiger partial charge in [0.1, 0.15) is 0 Å². The van der Waals surface area contributed by atoms with Gasteiger partial charge in [0, 0.05) is 6.42 Å². The van der Waals surface area contributed by atoms with Gasteiger partial charge in [-0.1, -0.05) is 58.3 Å².